The topological polar surface area (TPSA) is 20.2 Å². The number of allylic oxidation sites excluding steroid dienone is 2. The van der Waals surface area contributed by atoms with Crippen LogP contribution in [0.1, 0.15) is 30.9 Å². The molecule has 1 aromatic carbocycles. The number of aliphatic hydroxyl groups excluding tert-OH is 1. The first-order valence-corrected chi connectivity index (χ1v) is 5.84. The Labute approximate surface area is 99.6 Å². The lowest BCUT2D eigenvalue weighted by molar-refractivity contribution is 0.0988. The van der Waals surface area contributed by atoms with Crippen LogP contribution < -0.4 is 0 Å². The lowest BCUT2D eigenvalue weighted by atomic mass is 9.86. The minimum atomic E-state index is -0.734. The smallest absolute Gasteiger partial charge is 0.130 e. The van der Waals surface area contributed by atoms with Crippen molar-refractivity contribution in [3.8, 4) is 0 Å². The fraction of sp³-hybridized carbons (Fsp3) is 0.385. The maximum absolute atomic E-state index is 13.6. The molecule has 1 N–H and O–H groups in total. The summed E-state index contributed by atoms with van der Waals surface area (Å²) >= 11 is 5.67. The first kappa shape index (κ1) is 11.6. The number of rotatable bonds is 2. The molecule has 1 aliphatic rings. The van der Waals surface area contributed by atoms with Crippen LogP contribution >= 0.6 is 11.6 Å². The lowest BCUT2D eigenvalue weighted by Crippen LogP contribution is -2.15. The molecule has 3 heteroatoms. The van der Waals surface area contributed by atoms with Gasteiger partial charge in [-0.2, -0.15) is 0 Å². The Morgan fingerprint density at radius 3 is 2.81 bits per heavy atom. The SMILES string of the molecule is OC(c1ccc(Cl)cc1F)C1CC=CCC1. The fourth-order valence-electron chi connectivity index (χ4n) is 2.10. The second kappa shape index (κ2) is 4.98. The van der Waals surface area contributed by atoms with Gasteiger partial charge in [-0.15, -0.1) is 0 Å². The minimum Gasteiger partial charge on any atom is -0.388 e. The van der Waals surface area contributed by atoms with Crippen LogP contribution in [-0.2, 0) is 0 Å². The van der Waals surface area contributed by atoms with Gasteiger partial charge in [0.05, 0.1) is 6.10 Å². The average molecular weight is 241 g/mol. The van der Waals surface area contributed by atoms with Crippen molar-refractivity contribution in [2.24, 2.45) is 5.92 Å². The van der Waals surface area contributed by atoms with Gasteiger partial charge >= 0.3 is 0 Å². The highest BCUT2D eigenvalue weighted by Crippen LogP contribution is 2.33. The van der Waals surface area contributed by atoms with Gasteiger partial charge in [-0.3, -0.25) is 0 Å². The molecule has 1 nitrogen and oxygen atoms in total. The molecule has 1 aromatic rings. The summed E-state index contributed by atoms with van der Waals surface area (Å²) in [6.45, 7) is 0. The Kier molecular flexibility index (Phi) is 3.62. The van der Waals surface area contributed by atoms with Crippen LogP contribution in [0.5, 0.6) is 0 Å². The molecule has 2 rings (SSSR count). The third-order valence-electron chi connectivity index (χ3n) is 3.04. The Hall–Kier alpha value is -0.860. The molecule has 0 bridgehead atoms. The van der Waals surface area contributed by atoms with Crippen LogP contribution in [0.3, 0.4) is 0 Å². The van der Waals surface area contributed by atoms with Crippen LogP contribution in [-0.4, -0.2) is 5.11 Å². The van der Waals surface area contributed by atoms with Gasteiger partial charge in [-0.05, 0) is 37.3 Å². The predicted molar refractivity (Wildman–Crippen MR) is 62.9 cm³/mol. The van der Waals surface area contributed by atoms with Crippen LogP contribution in [0.2, 0.25) is 5.02 Å². The zero-order chi connectivity index (χ0) is 11.5. The monoisotopic (exact) mass is 240 g/mol. The standard InChI is InChI=1S/C13H14ClFO/c14-10-6-7-11(12(15)8-10)13(16)9-4-2-1-3-5-9/h1-2,6-9,13,16H,3-5H2. The molecule has 0 saturated heterocycles. The van der Waals surface area contributed by atoms with Crippen LogP contribution in [0.4, 0.5) is 4.39 Å². The van der Waals surface area contributed by atoms with Gasteiger partial charge in [0.1, 0.15) is 5.82 Å². The molecule has 0 aliphatic heterocycles. The number of aliphatic hydroxyl groups is 1. The Morgan fingerprint density at radius 1 is 1.38 bits per heavy atom. The van der Waals surface area contributed by atoms with Crippen LogP contribution in [0.15, 0.2) is 30.4 Å². The largest absolute Gasteiger partial charge is 0.388 e. The number of halogens is 2. The first-order chi connectivity index (χ1) is 7.68. The van der Waals surface area contributed by atoms with E-state index in [1.807, 2.05) is 6.08 Å². The van der Waals surface area contributed by atoms with Crippen LogP contribution in [0, 0.1) is 11.7 Å². The average Bonchev–Trinajstić information content (AvgIpc) is 2.29. The van der Waals surface area contributed by atoms with Crippen molar-refractivity contribution in [1.82, 2.24) is 0 Å². The maximum Gasteiger partial charge on any atom is 0.130 e. The third kappa shape index (κ3) is 2.45. The van der Waals surface area contributed by atoms with E-state index in [-0.39, 0.29) is 5.92 Å². The van der Waals surface area contributed by atoms with E-state index in [1.165, 1.54) is 6.07 Å². The third-order valence-corrected chi connectivity index (χ3v) is 3.27. The van der Waals surface area contributed by atoms with Crippen molar-refractivity contribution in [3.63, 3.8) is 0 Å². The van der Waals surface area contributed by atoms with Crippen LogP contribution in [0.25, 0.3) is 0 Å². The summed E-state index contributed by atoms with van der Waals surface area (Å²) in [6, 6.07) is 4.43. The van der Waals surface area contributed by atoms with Gasteiger partial charge < -0.3 is 5.11 Å². The molecule has 0 amide bonds. The highest BCUT2D eigenvalue weighted by Gasteiger charge is 2.23. The molecule has 0 spiro atoms. The van der Waals surface area contributed by atoms with E-state index in [2.05, 4.69) is 6.08 Å². The van der Waals surface area contributed by atoms with E-state index in [9.17, 15) is 9.50 Å². The zero-order valence-electron chi connectivity index (χ0n) is 8.87. The van der Waals surface area contributed by atoms with Gasteiger partial charge in [0.15, 0.2) is 0 Å². The summed E-state index contributed by atoms with van der Waals surface area (Å²) in [5.74, 6) is -0.310. The highest BCUT2D eigenvalue weighted by molar-refractivity contribution is 6.30. The quantitative estimate of drug-likeness (QED) is 0.778. The van der Waals surface area contributed by atoms with E-state index in [0.29, 0.717) is 10.6 Å². The van der Waals surface area contributed by atoms with Crippen molar-refractivity contribution >= 4 is 11.6 Å². The molecule has 86 valence electrons. The fourth-order valence-corrected chi connectivity index (χ4v) is 2.26. The molecule has 1 aliphatic carbocycles. The van der Waals surface area contributed by atoms with Crippen molar-refractivity contribution in [1.29, 1.82) is 0 Å². The summed E-state index contributed by atoms with van der Waals surface area (Å²) in [6.07, 6.45) is 6.08. The van der Waals surface area contributed by atoms with E-state index in [4.69, 9.17) is 11.6 Å². The number of benzene rings is 1. The van der Waals surface area contributed by atoms with Crippen molar-refractivity contribution in [2.45, 2.75) is 25.4 Å². The second-order valence-electron chi connectivity index (χ2n) is 4.16. The van der Waals surface area contributed by atoms with Crippen molar-refractivity contribution < 1.29 is 9.50 Å². The van der Waals surface area contributed by atoms with Crippen molar-refractivity contribution in [2.75, 3.05) is 0 Å². The molecule has 2 atom stereocenters. The van der Waals surface area contributed by atoms with E-state index < -0.39 is 11.9 Å². The predicted octanol–water partition coefficient (Wildman–Crippen LogP) is 3.87. The van der Waals surface area contributed by atoms with Gasteiger partial charge in [-0.25, -0.2) is 4.39 Å². The molecular formula is C13H14ClFO. The molecule has 0 aromatic heterocycles. The molecular weight excluding hydrogens is 227 g/mol. The lowest BCUT2D eigenvalue weighted by Gasteiger charge is -2.24. The Morgan fingerprint density at radius 2 is 2.19 bits per heavy atom. The summed E-state index contributed by atoms with van der Waals surface area (Å²) in [4.78, 5) is 0. The summed E-state index contributed by atoms with van der Waals surface area (Å²) in [5.41, 5.74) is 0.352. The zero-order valence-corrected chi connectivity index (χ0v) is 9.62. The van der Waals surface area contributed by atoms with Gasteiger partial charge in [0, 0.05) is 10.6 Å². The van der Waals surface area contributed by atoms with E-state index in [1.54, 1.807) is 12.1 Å². The number of hydrogen-bond donors (Lipinski definition) is 1. The summed E-state index contributed by atoms with van der Waals surface area (Å²) < 4.78 is 13.6. The van der Waals surface area contributed by atoms with E-state index in [0.717, 1.165) is 19.3 Å². The molecule has 0 saturated carbocycles. The second-order valence-corrected chi connectivity index (χ2v) is 4.59. The normalized spacial score (nSPS) is 22.1. The van der Waals surface area contributed by atoms with Gasteiger partial charge in [0.2, 0.25) is 0 Å². The van der Waals surface area contributed by atoms with Crippen molar-refractivity contribution in [3.05, 3.63) is 46.8 Å². The molecule has 2 unspecified atom stereocenters. The van der Waals surface area contributed by atoms with Gasteiger partial charge in [0.25, 0.3) is 0 Å². The molecule has 0 radical (unpaired) electrons. The molecule has 16 heavy (non-hydrogen) atoms. The first-order valence-electron chi connectivity index (χ1n) is 5.46. The Bertz CT molecular complexity index is 403. The summed E-state index contributed by atoms with van der Waals surface area (Å²) in [5, 5.41) is 10.5. The molecule has 0 fully saturated rings. The number of hydrogen-bond acceptors (Lipinski definition) is 1. The maximum atomic E-state index is 13.6. The highest BCUT2D eigenvalue weighted by atomic mass is 35.5. The molecule has 0 heterocycles. The Balaban J connectivity index is 2.19. The minimum absolute atomic E-state index is 0.112. The van der Waals surface area contributed by atoms with Gasteiger partial charge in [-0.1, -0.05) is 29.8 Å². The van der Waals surface area contributed by atoms with E-state index >= 15 is 0 Å². The summed E-state index contributed by atoms with van der Waals surface area (Å²) in [7, 11) is 0.